The van der Waals surface area contributed by atoms with E-state index in [-0.39, 0.29) is 17.9 Å². The first-order valence-electron chi connectivity index (χ1n) is 11.1. The second-order valence-electron chi connectivity index (χ2n) is 8.74. The van der Waals surface area contributed by atoms with Crippen LogP contribution in [-0.2, 0) is 16.1 Å². The fourth-order valence-corrected chi connectivity index (χ4v) is 4.68. The minimum Gasteiger partial charge on any atom is -0.507 e. The molecule has 1 fully saturated rings. The number of Topliss-reactive ketones (excluding diaryl/α,β-unsaturated/α-hetero) is 1. The van der Waals surface area contributed by atoms with E-state index in [2.05, 4.69) is 13.8 Å². The van der Waals surface area contributed by atoms with Crippen LogP contribution in [-0.4, -0.2) is 28.3 Å². The molecular formula is C27H26FNO4S. The second-order valence-corrected chi connectivity index (χ2v) is 9.78. The van der Waals surface area contributed by atoms with Gasteiger partial charge in [0.05, 0.1) is 24.8 Å². The Kier molecular flexibility index (Phi) is 6.84. The monoisotopic (exact) mass is 479 g/mol. The van der Waals surface area contributed by atoms with Crippen LogP contribution >= 0.6 is 11.3 Å². The lowest BCUT2D eigenvalue weighted by Crippen LogP contribution is -2.28. The average molecular weight is 480 g/mol. The summed E-state index contributed by atoms with van der Waals surface area (Å²) in [6.07, 6.45) is 0. The van der Waals surface area contributed by atoms with Crippen molar-refractivity contribution >= 4 is 28.8 Å². The van der Waals surface area contributed by atoms with Crippen LogP contribution in [0, 0.1) is 18.7 Å². The lowest BCUT2D eigenvalue weighted by Gasteiger charge is -2.25. The highest BCUT2D eigenvalue weighted by Crippen LogP contribution is 2.41. The zero-order chi connectivity index (χ0) is 24.4. The van der Waals surface area contributed by atoms with Gasteiger partial charge in [-0.3, -0.25) is 9.59 Å². The van der Waals surface area contributed by atoms with Crippen molar-refractivity contribution in [3.05, 3.63) is 92.9 Å². The molecule has 0 radical (unpaired) electrons. The summed E-state index contributed by atoms with van der Waals surface area (Å²) in [5.41, 5.74) is 1.75. The molecule has 0 saturated carbocycles. The summed E-state index contributed by atoms with van der Waals surface area (Å²) in [5, 5.41) is 13.1. The van der Waals surface area contributed by atoms with Gasteiger partial charge in [0, 0.05) is 10.4 Å². The number of hydrogen-bond donors (Lipinski definition) is 1. The number of hydrogen-bond acceptors (Lipinski definition) is 5. The summed E-state index contributed by atoms with van der Waals surface area (Å²) in [4.78, 5) is 28.5. The number of carbonyl (C=O) groups is 2. The molecule has 0 aliphatic carbocycles. The average Bonchev–Trinajstić information content (AvgIpc) is 3.41. The number of carbonyl (C=O) groups excluding carboxylic acids is 2. The predicted molar refractivity (Wildman–Crippen MR) is 130 cm³/mol. The van der Waals surface area contributed by atoms with Crippen molar-refractivity contribution in [1.29, 1.82) is 0 Å². The Morgan fingerprint density at radius 3 is 2.50 bits per heavy atom. The van der Waals surface area contributed by atoms with Crippen molar-refractivity contribution in [3.8, 4) is 5.75 Å². The Morgan fingerprint density at radius 1 is 1.15 bits per heavy atom. The van der Waals surface area contributed by atoms with E-state index < -0.39 is 23.5 Å². The van der Waals surface area contributed by atoms with Gasteiger partial charge in [-0.25, -0.2) is 4.39 Å². The molecule has 1 saturated heterocycles. The molecule has 1 unspecified atom stereocenters. The quantitative estimate of drug-likeness (QED) is 0.262. The topological polar surface area (TPSA) is 66.8 Å². The summed E-state index contributed by atoms with van der Waals surface area (Å²) in [6, 6.07) is 13.7. The van der Waals surface area contributed by atoms with Crippen LogP contribution in [0.4, 0.5) is 4.39 Å². The van der Waals surface area contributed by atoms with E-state index in [0.717, 1.165) is 10.4 Å². The Labute approximate surface area is 202 Å². The standard InChI is InChI=1S/C27H26FNO4S/c1-16(2)15-33-22-11-8-19(13-17(22)3)25(30)23-24(18-6-9-20(28)10-7-18)29(27(32)26(23)31)14-21-5-4-12-34-21/h4-13,16,24,30H,14-15H2,1-3H3/b25-23-. The first-order valence-corrected chi connectivity index (χ1v) is 11.9. The molecule has 5 nitrogen and oxygen atoms in total. The maximum Gasteiger partial charge on any atom is 0.295 e. The number of halogens is 1. The summed E-state index contributed by atoms with van der Waals surface area (Å²) in [7, 11) is 0. The van der Waals surface area contributed by atoms with E-state index in [4.69, 9.17) is 4.74 Å². The number of benzene rings is 2. The molecule has 3 aromatic rings. The Balaban J connectivity index is 1.78. The van der Waals surface area contributed by atoms with Crippen molar-refractivity contribution in [2.45, 2.75) is 33.4 Å². The number of ether oxygens (including phenoxy) is 1. The van der Waals surface area contributed by atoms with Gasteiger partial charge >= 0.3 is 0 Å². The number of amides is 1. The number of aryl methyl sites for hydroxylation is 1. The van der Waals surface area contributed by atoms with E-state index in [9.17, 15) is 19.1 Å². The van der Waals surface area contributed by atoms with Gasteiger partial charge in [-0.1, -0.05) is 32.0 Å². The molecular weight excluding hydrogens is 453 g/mol. The second kappa shape index (κ2) is 9.81. The van der Waals surface area contributed by atoms with Gasteiger partial charge in [-0.2, -0.15) is 0 Å². The summed E-state index contributed by atoms with van der Waals surface area (Å²) < 4.78 is 19.4. The molecule has 4 rings (SSSR count). The highest BCUT2D eigenvalue weighted by atomic mass is 32.1. The van der Waals surface area contributed by atoms with E-state index >= 15 is 0 Å². The molecule has 7 heteroatoms. The molecule has 1 aliphatic heterocycles. The molecule has 2 aromatic carbocycles. The van der Waals surface area contributed by atoms with E-state index in [1.54, 1.807) is 18.2 Å². The minimum absolute atomic E-state index is 0.0107. The van der Waals surface area contributed by atoms with E-state index in [1.807, 2.05) is 24.4 Å². The van der Waals surface area contributed by atoms with Crippen molar-refractivity contribution < 1.29 is 23.8 Å². The number of thiophene rings is 1. The van der Waals surface area contributed by atoms with Gasteiger partial charge in [0.1, 0.15) is 17.3 Å². The third-order valence-corrected chi connectivity index (χ3v) is 6.51. The largest absolute Gasteiger partial charge is 0.507 e. The highest BCUT2D eigenvalue weighted by molar-refractivity contribution is 7.09. The van der Waals surface area contributed by atoms with Crippen molar-refractivity contribution in [2.75, 3.05) is 6.61 Å². The van der Waals surface area contributed by atoms with Crippen molar-refractivity contribution in [3.63, 3.8) is 0 Å². The van der Waals surface area contributed by atoms with E-state index in [0.29, 0.717) is 29.4 Å². The maximum atomic E-state index is 13.6. The first-order chi connectivity index (χ1) is 16.3. The van der Waals surface area contributed by atoms with Crippen molar-refractivity contribution in [1.82, 2.24) is 4.90 Å². The molecule has 34 heavy (non-hydrogen) atoms. The molecule has 0 spiro atoms. The predicted octanol–water partition coefficient (Wildman–Crippen LogP) is 5.85. The Bertz CT molecular complexity index is 1230. The highest BCUT2D eigenvalue weighted by Gasteiger charge is 2.46. The van der Waals surface area contributed by atoms with Crippen LogP contribution in [0.5, 0.6) is 5.75 Å². The Morgan fingerprint density at radius 2 is 1.88 bits per heavy atom. The molecule has 1 N–H and O–H groups in total. The number of aliphatic hydroxyl groups is 1. The van der Waals surface area contributed by atoms with Gasteiger partial charge in [-0.15, -0.1) is 11.3 Å². The fraction of sp³-hybridized carbons (Fsp3) is 0.259. The molecule has 0 bridgehead atoms. The number of likely N-dealkylation sites (tertiary alicyclic amines) is 1. The van der Waals surface area contributed by atoms with Gasteiger partial charge in [-0.05, 0) is 65.7 Å². The smallest absolute Gasteiger partial charge is 0.295 e. The molecule has 1 amide bonds. The normalized spacial score (nSPS) is 17.6. The SMILES string of the molecule is Cc1cc(/C(O)=C2/C(=O)C(=O)N(Cc3cccs3)C2c2ccc(F)cc2)ccc1OCC(C)C. The number of ketones is 1. The van der Waals surface area contributed by atoms with Gasteiger partial charge in [0.2, 0.25) is 0 Å². The minimum atomic E-state index is -0.833. The van der Waals surface area contributed by atoms with Crippen LogP contribution in [0.3, 0.4) is 0 Å². The fourth-order valence-electron chi connectivity index (χ4n) is 3.98. The number of aliphatic hydroxyl groups excluding tert-OH is 1. The van der Waals surface area contributed by atoms with Crippen LogP contribution in [0.2, 0.25) is 0 Å². The summed E-state index contributed by atoms with van der Waals surface area (Å²) in [5.74, 6) is -1.09. The molecule has 176 valence electrons. The van der Waals surface area contributed by atoms with Crippen LogP contribution < -0.4 is 4.74 Å². The molecule has 1 aliphatic rings. The van der Waals surface area contributed by atoms with Gasteiger partial charge in [0.15, 0.2) is 0 Å². The van der Waals surface area contributed by atoms with Crippen LogP contribution in [0.1, 0.15) is 41.5 Å². The third-order valence-electron chi connectivity index (χ3n) is 5.65. The maximum absolute atomic E-state index is 13.6. The number of rotatable bonds is 7. The van der Waals surface area contributed by atoms with Crippen molar-refractivity contribution in [2.24, 2.45) is 5.92 Å². The first kappa shape index (κ1) is 23.7. The molecule has 1 atom stereocenters. The summed E-state index contributed by atoms with van der Waals surface area (Å²) >= 11 is 1.47. The number of nitrogens with zero attached hydrogens (tertiary/aromatic N) is 1. The molecule has 2 heterocycles. The van der Waals surface area contributed by atoms with Gasteiger partial charge in [0.25, 0.3) is 11.7 Å². The zero-order valence-corrected chi connectivity index (χ0v) is 20.1. The lowest BCUT2D eigenvalue weighted by molar-refractivity contribution is -0.140. The lowest BCUT2D eigenvalue weighted by atomic mass is 9.94. The van der Waals surface area contributed by atoms with E-state index in [1.165, 1.54) is 40.5 Å². The molecule has 1 aromatic heterocycles. The zero-order valence-electron chi connectivity index (χ0n) is 19.2. The van der Waals surface area contributed by atoms with Crippen LogP contribution in [0.15, 0.2) is 65.6 Å². The van der Waals surface area contributed by atoms with Gasteiger partial charge < -0.3 is 14.7 Å². The Hall–Kier alpha value is -3.45. The third kappa shape index (κ3) is 4.75. The van der Waals surface area contributed by atoms with Crippen LogP contribution in [0.25, 0.3) is 5.76 Å². The summed E-state index contributed by atoms with van der Waals surface area (Å²) in [6.45, 7) is 6.74.